The lowest BCUT2D eigenvalue weighted by atomic mass is 10.2. The maximum Gasteiger partial charge on any atom is 0.179 e. The third-order valence-corrected chi connectivity index (χ3v) is 7.04. The number of hydrogen-bond donors (Lipinski definition) is 0. The average Bonchev–Trinajstić information content (AvgIpc) is 3.19. The molecule has 0 radical (unpaired) electrons. The first-order valence-corrected chi connectivity index (χ1v) is 10.4. The van der Waals surface area contributed by atoms with Crippen LogP contribution in [0.2, 0.25) is 0 Å². The van der Waals surface area contributed by atoms with Gasteiger partial charge in [0, 0.05) is 10.6 Å². The molecule has 0 atom stereocenters. The molecule has 0 bridgehead atoms. The van der Waals surface area contributed by atoms with Gasteiger partial charge < -0.3 is 9.47 Å². The second kappa shape index (κ2) is 7.07. The van der Waals surface area contributed by atoms with Crippen molar-refractivity contribution in [2.24, 2.45) is 0 Å². The van der Waals surface area contributed by atoms with Crippen LogP contribution in [0.1, 0.15) is 11.1 Å². The quantitative estimate of drug-likeness (QED) is 0.818. The molecule has 0 saturated heterocycles. The van der Waals surface area contributed by atoms with Crippen molar-refractivity contribution in [3.05, 3.63) is 47.5 Å². The van der Waals surface area contributed by atoms with Gasteiger partial charge in [0.25, 0.3) is 0 Å². The molecular formula is C18H20O4S2. The molecule has 0 amide bonds. The second-order valence-corrected chi connectivity index (χ2v) is 8.83. The molecule has 0 spiro atoms. The maximum atomic E-state index is 11.5. The Labute approximate surface area is 147 Å². The lowest BCUT2D eigenvalue weighted by Gasteiger charge is -2.02. The van der Waals surface area contributed by atoms with Crippen LogP contribution in [0, 0.1) is 0 Å². The molecular weight excluding hydrogens is 344 g/mol. The average molecular weight is 364 g/mol. The highest BCUT2D eigenvalue weighted by atomic mass is 32.2. The third-order valence-electron chi connectivity index (χ3n) is 4.15. The van der Waals surface area contributed by atoms with Crippen molar-refractivity contribution in [2.45, 2.75) is 22.6 Å². The monoisotopic (exact) mass is 364 g/mol. The van der Waals surface area contributed by atoms with Crippen LogP contribution < -0.4 is 9.47 Å². The third kappa shape index (κ3) is 3.54. The minimum absolute atomic E-state index is 0.232. The van der Waals surface area contributed by atoms with E-state index in [1.54, 1.807) is 19.2 Å². The van der Waals surface area contributed by atoms with Crippen LogP contribution in [0.5, 0.6) is 11.5 Å². The number of aryl methyl sites for hydroxylation is 2. The zero-order chi connectivity index (χ0) is 17.2. The number of benzene rings is 2. The highest BCUT2D eigenvalue weighted by molar-refractivity contribution is 7.99. The highest BCUT2D eigenvalue weighted by Gasteiger charge is 2.26. The standard InChI is InChI=1S/C9H10O3S.C9H10OS/c1-12-8-3-2-7-4-5-13(10,11)9(7)6-8;1-10-8-3-2-7-4-5-11-9(7)6-8/h2-3,6H,4-5H2,1H3;2-3,6H,4-5H2,1H3. The minimum atomic E-state index is -3.02. The summed E-state index contributed by atoms with van der Waals surface area (Å²) in [5, 5.41) is 0. The van der Waals surface area contributed by atoms with E-state index in [0.29, 0.717) is 17.1 Å². The van der Waals surface area contributed by atoms with Crippen molar-refractivity contribution in [3.8, 4) is 11.5 Å². The Bertz CT molecular complexity index is 844. The van der Waals surface area contributed by atoms with Gasteiger partial charge in [-0.15, -0.1) is 11.8 Å². The lowest BCUT2D eigenvalue weighted by molar-refractivity contribution is 0.413. The highest BCUT2D eigenvalue weighted by Crippen LogP contribution is 2.33. The number of ether oxygens (including phenoxy) is 2. The van der Waals surface area contributed by atoms with Gasteiger partial charge in [0.1, 0.15) is 11.5 Å². The van der Waals surface area contributed by atoms with Crippen LogP contribution in [-0.2, 0) is 22.7 Å². The summed E-state index contributed by atoms with van der Waals surface area (Å²) in [7, 11) is 0.223. The van der Waals surface area contributed by atoms with E-state index in [-0.39, 0.29) is 5.75 Å². The number of thioether (sulfide) groups is 1. The SMILES string of the molecule is COc1ccc2c(c1)S(=O)(=O)CC2.COc1ccc2c(c1)SCC2. The van der Waals surface area contributed by atoms with Crippen molar-refractivity contribution in [1.29, 1.82) is 0 Å². The van der Waals surface area contributed by atoms with E-state index < -0.39 is 9.84 Å². The van der Waals surface area contributed by atoms with Crippen LogP contribution in [0.3, 0.4) is 0 Å². The summed E-state index contributed by atoms with van der Waals surface area (Å²) >= 11 is 1.92. The molecule has 24 heavy (non-hydrogen) atoms. The first-order chi connectivity index (χ1) is 11.5. The molecule has 2 heterocycles. The summed E-state index contributed by atoms with van der Waals surface area (Å²) in [5.41, 5.74) is 2.37. The number of hydrogen-bond acceptors (Lipinski definition) is 5. The van der Waals surface area contributed by atoms with Gasteiger partial charge in [0.2, 0.25) is 0 Å². The van der Waals surface area contributed by atoms with Crippen molar-refractivity contribution >= 4 is 21.6 Å². The van der Waals surface area contributed by atoms with E-state index in [1.807, 2.05) is 23.9 Å². The summed E-state index contributed by atoms with van der Waals surface area (Å²) in [4.78, 5) is 1.83. The maximum absolute atomic E-state index is 11.5. The molecule has 2 aliphatic rings. The first kappa shape index (κ1) is 17.2. The topological polar surface area (TPSA) is 52.6 Å². The van der Waals surface area contributed by atoms with Crippen LogP contribution in [0.25, 0.3) is 0 Å². The number of methoxy groups -OCH3 is 2. The predicted molar refractivity (Wildman–Crippen MR) is 96.2 cm³/mol. The molecule has 0 saturated carbocycles. The largest absolute Gasteiger partial charge is 0.497 e. The zero-order valence-corrected chi connectivity index (χ0v) is 15.4. The Hall–Kier alpha value is -1.66. The van der Waals surface area contributed by atoms with Gasteiger partial charge in [0.05, 0.1) is 24.9 Å². The Balaban J connectivity index is 0.000000143. The Morgan fingerprint density at radius 1 is 0.917 bits per heavy atom. The molecule has 0 unspecified atom stereocenters. The van der Waals surface area contributed by atoms with Crippen molar-refractivity contribution in [2.75, 3.05) is 25.7 Å². The molecule has 2 aromatic carbocycles. The first-order valence-electron chi connectivity index (χ1n) is 7.73. The van der Waals surface area contributed by atoms with E-state index in [2.05, 4.69) is 12.1 Å². The smallest absolute Gasteiger partial charge is 0.179 e. The zero-order valence-electron chi connectivity index (χ0n) is 13.7. The lowest BCUT2D eigenvalue weighted by Crippen LogP contribution is -1.98. The molecule has 4 nitrogen and oxygen atoms in total. The van der Waals surface area contributed by atoms with Gasteiger partial charge >= 0.3 is 0 Å². The molecule has 2 aromatic rings. The van der Waals surface area contributed by atoms with Crippen molar-refractivity contribution in [1.82, 2.24) is 0 Å². The molecule has 0 aromatic heterocycles. The molecule has 6 heteroatoms. The Morgan fingerprint density at radius 2 is 1.58 bits per heavy atom. The normalized spacial score (nSPS) is 16.6. The fourth-order valence-corrected chi connectivity index (χ4v) is 5.46. The van der Waals surface area contributed by atoms with Gasteiger partial charge in [0.15, 0.2) is 9.84 Å². The van der Waals surface area contributed by atoms with Gasteiger partial charge in [-0.3, -0.25) is 0 Å². The minimum Gasteiger partial charge on any atom is -0.497 e. The summed E-state index contributed by atoms with van der Waals surface area (Å²) in [5.74, 6) is 3.03. The van der Waals surface area contributed by atoms with E-state index in [1.165, 1.54) is 29.7 Å². The second-order valence-electron chi connectivity index (χ2n) is 5.61. The van der Waals surface area contributed by atoms with Crippen LogP contribution in [0.4, 0.5) is 0 Å². The molecule has 128 valence electrons. The predicted octanol–water partition coefficient (Wildman–Crippen LogP) is 3.37. The van der Waals surface area contributed by atoms with Gasteiger partial charge in [-0.25, -0.2) is 8.42 Å². The molecule has 4 rings (SSSR count). The Kier molecular flexibility index (Phi) is 5.06. The molecule has 0 aliphatic carbocycles. The molecule has 0 fully saturated rings. The van der Waals surface area contributed by atoms with Crippen molar-refractivity contribution < 1.29 is 17.9 Å². The summed E-state index contributed by atoms with van der Waals surface area (Å²) in [6, 6.07) is 11.5. The van der Waals surface area contributed by atoms with Gasteiger partial charge in [-0.2, -0.15) is 0 Å². The summed E-state index contributed by atoms with van der Waals surface area (Å²) < 4.78 is 33.0. The summed E-state index contributed by atoms with van der Waals surface area (Å²) in [6.07, 6.45) is 1.84. The van der Waals surface area contributed by atoms with E-state index in [4.69, 9.17) is 9.47 Å². The van der Waals surface area contributed by atoms with Crippen LogP contribution in [0.15, 0.2) is 46.2 Å². The van der Waals surface area contributed by atoms with Crippen molar-refractivity contribution in [3.63, 3.8) is 0 Å². The molecule has 0 N–H and O–H groups in total. The van der Waals surface area contributed by atoms with E-state index in [9.17, 15) is 8.42 Å². The number of fused-ring (bicyclic) bond motifs is 2. The van der Waals surface area contributed by atoms with Crippen LogP contribution >= 0.6 is 11.8 Å². The van der Waals surface area contributed by atoms with Gasteiger partial charge in [-0.05, 0) is 48.2 Å². The van der Waals surface area contributed by atoms with Crippen LogP contribution in [-0.4, -0.2) is 34.1 Å². The molecule has 2 aliphatic heterocycles. The van der Waals surface area contributed by atoms with E-state index >= 15 is 0 Å². The number of sulfone groups is 1. The Morgan fingerprint density at radius 3 is 2.29 bits per heavy atom. The summed E-state index contributed by atoms with van der Waals surface area (Å²) in [6.45, 7) is 0. The number of rotatable bonds is 2. The van der Waals surface area contributed by atoms with E-state index in [0.717, 1.165) is 11.3 Å². The van der Waals surface area contributed by atoms with Gasteiger partial charge in [-0.1, -0.05) is 12.1 Å². The fourth-order valence-electron chi connectivity index (χ4n) is 2.79. The fraction of sp³-hybridized carbons (Fsp3) is 0.333.